The number of H-pyrrole nitrogens is 1. The second-order valence-electron chi connectivity index (χ2n) is 5.35. The fourth-order valence-electron chi connectivity index (χ4n) is 2.47. The first-order valence-electron chi connectivity index (χ1n) is 7.34. The third-order valence-electron chi connectivity index (χ3n) is 3.85. The number of hydrogen-bond donors (Lipinski definition) is 1. The van der Waals surface area contributed by atoms with Gasteiger partial charge in [0.05, 0.1) is 25.6 Å². The zero-order chi connectivity index (χ0) is 17.3. The Balaban J connectivity index is 2.06. The molecular formula is C18H17FN2O2S. The van der Waals surface area contributed by atoms with E-state index in [-0.39, 0.29) is 5.82 Å². The van der Waals surface area contributed by atoms with Crippen LogP contribution in [0, 0.1) is 17.5 Å². The quantitative estimate of drug-likeness (QED) is 0.699. The number of aryl methyl sites for hydroxylation is 1. The predicted molar refractivity (Wildman–Crippen MR) is 94.2 cm³/mol. The topological polar surface area (TPSA) is 39.2 Å². The summed E-state index contributed by atoms with van der Waals surface area (Å²) in [6.45, 7) is 1.73. The second-order valence-corrected chi connectivity index (χ2v) is 5.73. The van der Waals surface area contributed by atoms with Gasteiger partial charge in [-0.15, -0.1) is 0 Å². The Labute approximate surface area is 144 Å². The molecule has 0 fully saturated rings. The Morgan fingerprint density at radius 2 is 1.79 bits per heavy atom. The molecule has 0 saturated heterocycles. The Kier molecular flexibility index (Phi) is 4.40. The highest BCUT2D eigenvalue weighted by Crippen LogP contribution is 2.32. The number of benzene rings is 2. The Morgan fingerprint density at radius 3 is 2.46 bits per heavy atom. The van der Waals surface area contributed by atoms with Crippen LogP contribution in [0.2, 0.25) is 0 Å². The highest BCUT2D eigenvalue weighted by Gasteiger charge is 2.10. The van der Waals surface area contributed by atoms with Crippen LogP contribution >= 0.6 is 12.2 Å². The molecule has 0 saturated carbocycles. The summed E-state index contributed by atoms with van der Waals surface area (Å²) in [7, 11) is 3.18. The van der Waals surface area contributed by atoms with Gasteiger partial charge in [0.15, 0.2) is 16.3 Å². The van der Waals surface area contributed by atoms with E-state index in [4.69, 9.17) is 21.7 Å². The molecule has 124 valence electrons. The molecule has 0 spiro atoms. The van der Waals surface area contributed by atoms with Gasteiger partial charge in [-0.25, -0.2) is 4.39 Å². The summed E-state index contributed by atoms with van der Waals surface area (Å²) in [5, 5.41) is 0. The van der Waals surface area contributed by atoms with Crippen molar-refractivity contribution in [3.8, 4) is 28.4 Å². The lowest BCUT2D eigenvalue weighted by atomic mass is 10.1. The van der Waals surface area contributed by atoms with Crippen LogP contribution in [0.1, 0.15) is 5.56 Å². The molecule has 24 heavy (non-hydrogen) atoms. The first kappa shape index (κ1) is 16.3. The number of aromatic nitrogens is 2. The number of ether oxygens (including phenoxy) is 2. The van der Waals surface area contributed by atoms with Gasteiger partial charge in [0.2, 0.25) is 0 Å². The van der Waals surface area contributed by atoms with Crippen molar-refractivity contribution in [2.45, 2.75) is 6.92 Å². The van der Waals surface area contributed by atoms with E-state index in [2.05, 4.69) is 4.98 Å². The van der Waals surface area contributed by atoms with Gasteiger partial charge in [-0.3, -0.25) is 4.57 Å². The molecule has 4 nitrogen and oxygen atoms in total. The van der Waals surface area contributed by atoms with E-state index in [0.29, 0.717) is 27.5 Å². The van der Waals surface area contributed by atoms with Gasteiger partial charge in [0, 0.05) is 11.8 Å². The molecule has 0 unspecified atom stereocenters. The first-order chi connectivity index (χ1) is 11.5. The van der Waals surface area contributed by atoms with Crippen molar-refractivity contribution in [1.82, 2.24) is 9.55 Å². The lowest BCUT2D eigenvalue weighted by Gasteiger charge is -2.08. The molecule has 1 aromatic heterocycles. The third-order valence-corrected chi connectivity index (χ3v) is 4.15. The number of methoxy groups -OCH3 is 2. The van der Waals surface area contributed by atoms with Crippen molar-refractivity contribution in [2.75, 3.05) is 14.2 Å². The summed E-state index contributed by atoms with van der Waals surface area (Å²) in [6.07, 6.45) is 1.84. The van der Waals surface area contributed by atoms with Gasteiger partial charge in [-0.1, -0.05) is 6.07 Å². The molecule has 0 atom stereocenters. The molecule has 0 aliphatic heterocycles. The molecule has 0 radical (unpaired) electrons. The molecule has 2 aromatic carbocycles. The highest BCUT2D eigenvalue weighted by atomic mass is 32.1. The largest absolute Gasteiger partial charge is 0.493 e. The SMILES string of the molecule is COc1ccc(-c2cn(-c3ccc(C)c(F)c3)c(=S)[nH]2)cc1OC. The van der Waals surface area contributed by atoms with E-state index in [0.717, 1.165) is 11.3 Å². The van der Waals surface area contributed by atoms with Crippen molar-refractivity contribution < 1.29 is 13.9 Å². The fraction of sp³-hybridized carbons (Fsp3) is 0.167. The van der Waals surface area contributed by atoms with Crippen LogP contribution in [0.25, 0.3) is 16.9 Å². The second kappa shape index (κ2) is 6.49. The van der Waals surface area contributed by atoms with Crippen LogP contribution in [-0.4, -0.2) is 23.8 Å². The number of aromatic amines is 1. The van der Waals surface area contributed by atoms with Crippen LogP contribution in [0.4, 0.5) is 4.39 Å². The highest BCUT2D eigenvalue weighted by molar-refractivity contribution is 7.71. The smallest absolute Gasteiger partial charge is 0.182 e. The molecular weight excluding hydrogens is 327 g/mol. The van der Waals surface area contributed by atoms with E-state index in [1.165, 1.54) is 6.07 Å². The normalized spacial score (nSPS) is 10.7. The number of hydrogen-bond acceptors (Lipinski definition) is 3. The van der Waals surface area contributed by atoms with Gasteiger partial charge >= 0.3 is 0 Å². The van der Waals surface area contributed by atoms with Gasteiger partial charge in [0.1, 0.15) is 5.82 Å². The Bertz CT molecular complexity index is 946. The minimum atomic E-state index is -0.261. The molecule has 1 heterocycles. The van der Waals surface area contributed by atoms with E-state index < -0.39 is 0 Å². The molecule has 3 aromatic rings. The van der Waals surface area contributed by atoms with E-state index in [1.807, 2.05) is 30.5 Å². The van der Waals surface area contributed by atoms with Gasteiger partial charge < -0.3 is 14.5 Å². The molecule has 1 N–H and O–H groups in total. The first-order valence-corrected chi connectivity index (χ1v) is 7.75. The van der Waals surface area contributed by atoms with Crippen LogP contribution in [0.3, 0.4) is 0 Å². The number of rotatable bonds is 4. The summed E-state index contributed by atoms with van der Waals surface area (Å²) in [4.78, 5) is 3.14. The Morgan fingerprint density at radius 1 is 1.04 bits per heavy atom. The molecule has 0 aliphatic carbocycles. The van der Waals surface area contributed by atoms with Crippen molar-refractivity contribution in [3.05, 3.63) is 58.7 Å². The van der Waals surface area contributed by atoms with Crippen molar-refractivity contribution >= 4 is 12.2 Å². The fourth-order valence-corrected chi connectivity index (χ4v) is 2.74. The lowest BCUT2D eigenvalue weighted by Crippen LogP contribution is -1.94. The van der Waals surface area contributed by atoms with Gasteiger partial charge in [-0.05, 0) is 55.0 Å². The third kappa shape index (κ3) is 2.92. The monoisotopic (exact) mass is 344 g/mol. The zero-order valence-electron chi connectivity index (χ0n) is 13.6. The van der Waals surface area contributed by atoms with Crippen molar-refractivity contribution in [1.29, 1.82) is 0 Å². The van der Waals surface area contributed by atoms with Gasteiger partial charge in [0.25, 0.3) is 0 Å². The average molecular weight is 344 g/mol. The van der Waals surface area contributed by atoms with Gasteiger partial charge in [-0.2, -0.15) is 0 Å². The number of nitrogens with zero attached hydrogens (tertiary/aromatic N) is 1. The van der Waals surface area contributed by atoms with Crippen LogP contribution < -0.4 is 9.47 Å². The maximum Gasteiger partial charge on any atom is 0.182 e. The maximum atomic E-state index is 13.8. The molecule has 0 bridgehead atoms. The van der Waals surface area contributed by atoms with Crippen LogP contribution in [0.5, 0.6) is 11.5 Å². The summed E-state index contributed by atoms with van der Waals surface area (Å²) < 4.78 is 26.6. The molecule has 0 aliphatic rings. The van der Waals surface area contributed by atoms with Crippen molar-refractivity contribution in [3.63, 3.8) is 0 Å². The standard InChI is InChI=1S/C18H17FN2O2S/c1-11-4-6-13(9-14(11)19)21-10-15(20-18(21)24)12-5-7-16(22-2)17(8-12)23-3/h4-10H,1-3H3,(H,20,24). The number of halogens is 1. The number of imidazole rings is 1. The minimum absolute atomic E-state index is 0.261. The van der Waals surface area contributed by atoms with E-state index >= 15 is 0 Å². The lowest BCUT2D eigenvalue weighted by molar-refractivity contribution is 0.355. The Hall–Kier alpha value is -2.60. The van der Waals surface area contributed by atoms with Crippen LogP contribution in [-0.2, 0) is 0 Å². The summed E-state index contributed by atoms with van der Waals surface area (Å²) in [5.41, 5.74) is 2.97. The summed E-state index contributed by atoms with van der Waals surface area (Å²) in [6, 6.07) is 10.6. The maximum absolute atomic E-state index is 13.8. The van der Waals surface area contributed by atoms with E-state index in [1.54, 1.807) is 31.8 Å². The summed E-state index contributed by atoms with van der Waals surface area (Å²) >= 11 is 5.37. The summed E-state index contributed by atoms with van der Waals surface area (Å²) in [5.74, 6) is 1.02. The molecule has 3 rings (SSSR count). The predicted octanol–water partition coefficient (Wildman–Crippen LogP) is 4.67. The minimum Gasteiger partial charge on any atom is -0.493 e. The number of nitrogens with one attached hydrogen (secondary N) is 1. The molecule has 0 amide bonds. The zero-order valence-corrected chi connectivity index (χ0v) is 14.4. The average Bonchev–Trinajstić information content (AvgIpc) is 2.98. The van der Waals surface area contributed by atoms with Crippen LogP contribution in [0.15, 0.2) is 42.6 Å². The van der Waals surface area contributed by atoms with Crippen molar-refractivity contribution in [2.24, 2.45) is 0 Å². The molecule has 6 heteroatoms. The van der Waals surface area contributed by atoms with E-state index in [9.17, 15) is 4.39 Å².